The number of unbranched alkanes of at least 4 members (excludes halogenated alkanes) is 1. The lowest BCUT2D eigenvalue weighted by atomic mass is 9.75. The van der Waals surface area contributed by atoms with Crippen molar-refractivity contribution >= 4 is 35.3 Å². The average molecular weight is 558 g/mol. The highest BCUT2D eigenvalue weighted by Crippen LogP contribution is 2.45. The van der Waals surface area contributed by atoms with Gasteiger partial charge in [-0.05, 0) is 101 Å². The fourth-order valence-corrected chi connectivity index (χ4v) is 6.97. The third-order valence-electron chi connectivity index (χ3n) is 6.45. The lowest BCUT2D eigenvalue weighted by Gasteiger charge is -2.30. The lowest BCUT2D eigenvalue weighted by molar-refractivity contribution is 0.371. The number of rotatable bonds is 13. The second-order valence-corrected chi connectivity index (χ2v) is 12.8. The molecule has 33 heavy (non-hydrogen) atoms. The highest BCUT2D eigenvalue weighted by Gasteiger charge is 2.34. The van der Waals surface area contributed by atoms with Crippen molar-refractivity contribution in [1.29, 1.82) is 0 Å². The van der Waals surface area contributed by atoms with Gasteiger partial charge in [-0.1, -0.05) is 37.5 Å². The van der Waals surface area contributed by atoms with E-state index in [0.29, 0.717) is 19.5 Å². The number of thioether (sulfide) groups is 1. The summed E-state index contributed by atoms with van der Waals surface area (Å²) in [7, 11) is -3.90. The Kier molecular flexibility index (Phi) is 10.5. The van der Waals surface area contributed by atoms with Gasteiger partial charge in [-0.15, -0.1) is 11.8 Å². The minimum Gasteiger partial charge on any atom is -0.324 e. The molecule has 0 aromatic heterocycles. The molecule has 0 unspecified atom stereocenters. The molecule has 2 aromatic rings. The highest BCUT2D eigenvalue weighted by molar-refractivity contribution is 9.10. The third-order valence-corrected chi connectivity index (χ3v) is 9.43. The van der Waals surface area contributed by atoms with Crippen LogP contribution in [0.2, 0.25) is 0 Å². The smallest absolute Gasteiger partial charge is 0.324 e. The van der Waals surface area contributed by atoms with Crippen molar-refractivity contribution < 1.29 is 18.7 Å². The van der Waals surface area contributed by atoms with E-state index in [2.05, 4.69) is 39.4 Å². The Morgan fingerprint density at radius 2 is 1.79 bits per heavy atom. The maximum absolute atomic E-state index is 13.4. The standard InChI is InChI=1S/C25H34BrFNO3PS/c26-23-18-20(19-28-15-5-16-32(29,30)31)6-11-24(23)33-17-4-3-14-25(12-1-2-13-25)21-7-9-22(27)10-8-21/h6-11,18,28H,1-5,12-17,19H2,(H2,29,30,31). The normalized spacial score (nSPS) is 15.8. The van der Waals surface area contributed by atoms with Gasteiger partial charge in [0.25, 0.3) is 0 Å². The van der Waals surface area contributed by atoms with E-state index in [1.165, 1.54) is 49.0 Å². The zero-order valence-corrected chi connectivity index (χ0v) is 22.2. The quantitative estimate of drug-likeness (QED) is 0.140. The highest BCUT2D eigenvalue weighted by atomic mass is 79.9. The summed E-state index contributed by atoms with van der Waals surface area (Å²) in [5, 5.41) is 3.24. The first-order valence-corrected chi connectivity index (χ1v) is 15.3. The largest absolute Gasteiger partial charge is 0.325 e. The van der Waals surface area contributed by atoms with Gasteiger partial charge >= 0.3 is 7.60 Å². The number of halogens is 2. The minimum absolute atomic E-state index is 0.0791. The molecule has 8 heteroatoms. The number of nitrogens with one attached hydrogen (secondary N) is 1. The molecule has 0 atom stereocenters. The molecular weight excluding hydrogens is 524 g/mol. The van der Waals surface area contributed by atoms with Crippen molar-refractivity contribution in [2.24, 2.45) is 0 Å². The molecule has 0 aliphatic heterocycles. The first-order valence-electron chi connectivity index (χ1n) is 11.7. The van der Waals surface area contributed by atoms with Gasteiger partial charge in [0.1, 0.15) is 5.82 Å². The van der Waals surface area contributed by atoms with Gasteiger partial charge in [-0.2, -0.15) is 0 Å². The Balaban J connectivity index is 1.39. The van der Waals surface area contributed by atoms with Crippen molar-refractivity contribution in [2.75, 3.05) is 18.5 Å². The summed E-state index contributed by atoms with van der Waals surface area (Å²) in [5.74, 6) is 0.911. The van der Waals surface area contributed by atoms with Gasteiger partial charge < -0.3 is 15.1 Å². The average Bonchev–Trinajstić information content (AvgIpc) is 3.24. The van der Waals surface area contributed by atoms with Crippen LogP contribution >= 0.6 is 35.3 Å². The molecule has 2 aromatic carbocycles. The van der Waals surface area contributed by atoms with Gasteiger partial charge in [0.2, 0.25) is 0 Å². The lowest BCUT2D eigenvalue weighted by Crippen LogP contribution is -2.22. The van der Waals surface area contributed by atoms with E-state index in [0.717, 1.165) is 22.2 Å². The molecule has 182 valence electrons. The monoisotopic (exact) mass is 557 g/mol. The summed E-state index contributed by atoms with van der Waals surface area (Å²) < 4.78 is 25.3. The minimum atomic E-state index is -3.90. The van der Waals surface area contributed by atoms with Crippen LogP contribution in [0, 0.1) is 5.82 Å². The molecule has 0 amide bonds. The maximum atomic E-state index is 13.4. The molecule has 1 aliphatic rings. The fraction of sp³-hybridized carbons (Fsp3) is 0.520. The first kappa shape index (κ1) is 26.9. The van der Waals surface area contributed by atoms with E-state index in [-0.39, 0.29) is 17.4 Å². The second-order valence-electron chi connectivity index (χ2n) is 8.98. The molecule has 0 radical (unpaired) electrons. The Morgan fingerprint density at radius 3 is 2.45 bits per heavy atom. The second kappa shape index (κ2) is 12.9. The van der Waals surface area contributed by atoms with E-state index >= 15 is 0 Å². The molecule has 4 nitrogen and oxygen atoms in total. The van der Waals surface area contributed by atoms with Crippen LogP contribution in [-0.4, -0.2) is 28.2 Å². The Labute approximate surface area is 209 Å². The van der Waals surface area contributed by atoms with Crippen LogP contribution < -0.4 is 5.32 Å². The fourth-order valence-electron chi connectivity index (χ4n) is 4.70. The van der Waals surface area contributed by atoms with Crippen molar-refractivity contribution in [3.05, 3.63) is 63.9 Å². The summed E-state index contributed by atoms with van der Waals surface area (Å²) in [5.41, 5.74) is 2.69. The summed E-state index contributed by atoms with van der Waals surface area (Å²) in [4.78, 5) is 19.0. The Hall–Kier alpha value is -0.690. The van der Waals surface area contributed by atoms with Crippen molar-refractivity contribution in [2.45, 2.75) is 68.2 Å². The molecule has 0 spiro atoms. The molecule has 3 rings (SSSR count). The van der Waals surface area contributed by atoms with Crippen LogP contribution in [0.3, 0.4) is 0 Å². The topological polar surface area (TPSA) is 69.6 Å². The molecule has 3 N–H and O–H groups in total. The van der Waals surface area contributed by atoms with E-state index in [4.69, 9.17) is 9.79 Å². The summed E-state index contributed by atoms with van der Waals surface area (Å²) in [6.45, 7) is 1.26. The zero-order chi connectivity index (χ0) is 23.7. The molecule has 0 saturated heterocycles. The molecule has 0 bridgehead atoms. The number of hydrogen-bond donors (Lipinski definition) is 3. The molecule has 1 fully saturated rings. The number of hydrogen-bond acceptors (Lipinski definition) is 3. The summed E-state index contributed by atoms with van der Waals surface area (Å²) in [6.07, 6.45) is 8.85. The predicted octanol–water partition coefficient (Wildman–Crippen LogP) is 7.02. The van der Waals surface area contributed by atoms with E-state index in [1.807, 2.05) is 23.9 Å². The van der Waals surface area contributed by atoms with Crippen LogP contribution in [0.5, 0.6) is 0 Å². The third kappa shape index (κ3) is 8.79. The van der Waals surface area contributed by atoms with Crippen LogP contribution in [-0.2, 0) is 16.5 Å². The SMILES string of the molecule is O=P(O)(O)CCCNCc1ccc(SCCCCC2(c3ccc(F)cc3)CCCC2)c(Br)c1. The van der Waals surface area contributed by atoms with E-state index in [9.17, 15) is 8.96 Å². The predicted molar refractivity (Wildman–Crippen MR) is 138 cm³/mol. The van der Waals surface area contributed by atoms with Crippen molar-refractivity contribution in [3.63, 3.8) is 0 Å². The number of benzene rings is 2. The molecular formula is C25H34BrFNO3PS. The van der Waals surface area contributed by atoms with Gasteiger partial charge in [-0.25, -0.2) is 4.39 Å². The van der Waals surface area contributed by atoms with E-state index < -0.39 is 7.60 Å². The van der Waals surface area contributed by atoms with Crippen LogP contribution in [0.4, 0.5) is 4.39 Å². The first-order chi connectivity index (χ1) is 15.8. The van der Waals surface area contributed by atoms with Crippen molar-refractivity contribution in [1.82, 2.24) is 5.32 Å². The van der Waals surface area contributed by atoms with Crippen molar-refractivity contribution in [3.8, 4) is 0 Å². The van der Waals surface area contributed by atoms with Crippen LogP contribution in [0.15, 0.2) is 51.8 Å². The van der Waals surface area contributed by atoms with E-state index in [1.54, 1.807) is 12.1 Å². The molecule has 1 aliphatic carbocycles. The van der Waals surface area contributed by atoms with Crippen LogP contribution in [0.25, 0.3) is 0 Å². The summed E-state index contributed by atoms with van der Waals surface area (Å²) >= 11 is 5.55. The summed E-state index contributed by atoms with van der Waals surface area (Å²) in [6, 6.07) is 13.5. The van der Waals surface area contributed by atoms with Gasteiger partial charge in [0.15, 0.2) is 0 Å². The zero-order valence-electron chi connectivity index (χ0n) is 18.9. The molecule has 1 saturated carbocycles. The van der Waals surface area contributed by atoms with Crippen LogP contribution in [0.1, 0.15) is 62.5 Å². The van der Waals surface area contributed by atoms with Gasteiger partial charge in [-0.3, -0.25) is 4.57 Å². The van der Waals surface area contributed by atoms with Gasteiger partial charge in [0.05, 0.1) is 6.16 Å². The molecule has 0 heterocycles. The Bertz CT molecular complexity index is 932. The Morgan fingerprint density at radius 1 is 1.06 bits per heavy atom. The maximum Gasteiger partial charge on any atom is 0.325 e. The van der Waals surface area contributed by atoms with Gasteiger partial charge in [0, 0.05) is 15.9 Å².